The molecule has 6 heteroatoms. The lowest BCUT2D eigenvalue weighted by Crippen LogP contribution is -2.06. The van der Waals surface area contributed by atoms with Gasteiger partial charge in [-0.05, 0) is 24.3 Å². The van der Waals surface area contributed by atoms with E-state index in [0.29, 0.717) is 22.7 Å². The lowest BCUT2D eigenvalue weighted by atomic mass is 10.1. The predicted molar refractivity (Wildman–Crippen MR) is 85.7 cm³/mol. The molecule has 118 valence electrons. The van der Waals surface area contributed by atoms with E-state index in [0.717, 1.165) is 0 Å². The van der Waals surface area contributed by atoms with E-state index in [-0.39, 0.29) is 23.5 Å². The van der Waals surface area contributed by atoms with Crippen LogP contribution in [0.25, 0.3) is 11.4 Å². The molecule has 0 aliphatic heterocycles. The average molecular weight is 321 g/mol. The molecule has 0 aliphatic carbocycles. The number of H-pyrrole nitrogens is 1. The zero-order valence-corrected chi connectivity index (χ0v) is 12.5. The standard InChI is InChI=1S/C18H12FN3O2/c19-15-4-2-1-3-13(15)11-24-16-6-5-12(9-14(16)10-20)18-21-8-7-17(23)22-18/h1-9H,11H2,(H,21,22,23). The van der Waals surface area contributed by atoms with Gasteiger partial charge in [0.1, 0.15) is 30.1 Å². The smallest absolute Gasteiger partial charge is 0.251 e. The number of benzene rings is 2. The molecule has 1 N–H and O–H groups in total. The van der Waals surface area contributed by atoms with E-state index in [9.17, 15) is 14.4 Å². The fourth-order valence-electron chi connectivity index (χ4n) is 2.18. The Morgan fingerprint density at radius 3 is 2.79 bits per heavy atom. The summed E-state index contributed by atoms with van der Waals surface area (Å²) in [5.74, 6) is 0.334. The molecule has 0 atom stereocenters. The van der Waals surface area contributed by atoms with Crippen LogP contribution in [-0.2, 0) is 6.61 Å². The molecule has 0 spiro atoms. The van der Waals surface area contributed by atoms with Gasteiger partial charge in [-0.25, -0.2) is 9.37 Å². The second-order valence-corrected chi connectivity index (χ2v) is 4.99. The van der Waals surface area contributed by atoms with Crippen molar-refractivity contribution in [3.8, 4) is 23.2 Å². The van der Waals surface area contributed by atoms with Crippen LogP contribution in [0.2, 0.25) is 0 Å². The molecule has 0 unspecified atom stereocenters. The Morgan fingerprint density at radius 1 is 1.21 bits per heavy atom. The van der Waals surface area contributed by atoms with E-state index in [1.54, 1.807) is 36.4 Å². The summed E-state index contributed by atoms with van der Waals surface area (Å²) in [7, 11) is 0. The molecule has 0 radical (unpaired) electrons. The van der Waals surface area contributed by atoms with Crippen molar-refractivity contribution < 1.29 is 9.13 Å². The van der Waals surface area contributed by atoms with Crippen LogP contribution in [-0.4, -0.2) is 9.97 Å². The SMILES string of the molecule is N#Cc1cc(-c2nccc(=O)[nH]2)ccc1OCc1ccccc1F. The van der Waals surface area contributed by atoms with E-state index >= 15 is 0 Å². The summed E-state index contributed by atoms with van der Waals surface area (Å²) >= 11 is 0. The van der Waals surface area contributed by atoms with Gasteiger partial charge in [0, 0.05) is 23.4 Å². The molecule has 24 heavy (non-hydrogen) atoms. The maximum Gasteiger partial charge on any atom is 0.251 e. The van der Waals surface area contributed by atoms with Gasteiger partial charge in [0.05, 0.1) is 5.56 Å². The van der Waals surface area contributed by atoms with Crippen molar-refractivity contribution in [1.82, 2.24) is 9.97 Å². The number of nitriles is 1. The highest BCUT2D eigenvalue weighted by Gasteiger charge is 2.09. The van der Waals surface area contributed by atoms with Crippen LogP contribution in [0.1, 0.15) is 11.1 Å². The number of aromatic nitrogens is 2. The van der Waals surface area contributed by atoms with Crippen molar-refractivity contribution in [2.45, 2.75) is 6.61 Å². The normalized spacial score (nSPS) is 10.2. The second-order valence-electron chi connectivity index (χ2n) is 4.99. The summed E-state index contributed by atoms with van der Waals surface area (Å²) in [4.78, 5) is 18.0. The summed E-state index contributed by atoms with van der Waals surface area (Å²) < 4.78 is 19.2. The maximum atomic E-state index is 13.6. The van der Waals surface area contributed by atoms with Crippen LogP contribution in [0.15, 0.2) is 59.5 Å². The van der Waals surface area contributed by atoms with Gasteiger partial charge in [-0.15, -0.1) is 0 Å². The van der Waals surface area contributed by atoms with Gasteiger partial charge in [0.15, 0.2) is 0 Å². The topological polar surface area (TPSA) is 78.8 Å². The van der Waals surface area contributed by atoms with E-state index in [2.05, 4.69) is 9.97 Å². The van der Waals surface area contributed by atoms with Crippen molar-refractivity contribution >= 4 is 0 Å². The number of aromatic amines is 1. The molecular weight excluding hydrogens is 309 g/mol. The Kier molecular flexibility index (Phi) is 4.34. The largest absolute Gasteiger partial charge is 0.487 e. The monoisotopic (exact) mass is 321 g/mol. The van der Waals surface area contributed by atoms with Gasteiger partial charge in [-0.2, -0.15) is 5.26 Å². The second kappa shape index (κ2) is 6.75. The molecule has 3 aromatic rings. The molecule has 0 aliphatic rings. The number of ether oxygens (including phenoxy) is 1. The van der Waals surface area contributed by atoms with E-state index in [1.165, 1.54) is 18.3 Å². The third kappa shape index (κ3) is 3.31. The zero-order valence-electron chi connectivity index (χ0n) is 12.5. The molecule has 2 aromatic carbocycles. The molecule has 0 fully saturated rings. The number of hydrogen-bond acceptors (Lipinski definition) is 4. The number of halogens is 1. The lowest BCUT2D eigenvalue weighted by molar-refractivity contribution is 0.299. The fourth-order valence-corrected chi connectivity index (χ4v) is 2.18. The Morgan fingerprint density at radius 2 is 2.04 bits per heavy atom. The van der Waals surface area contributed by atoms with Crippen LogP contribution < -0.4 is 10.3 Å². The van der Waals surface area contributed by atoms with Gasteiger partial charge >= 0.3 is 0 Å². The Balaban J connectivity index is 1.86. The molecule has 0 saturated heterocycles. The van der Waals surface area contributed by atoms with Crippen LogP contribution in [0.4, 0.5) is 4.39 Å². The Labute approximate surface area is 137 Å². The molecular formula is C18H12FN3O2. The Bertz CT molecular complexity index is 976. The number of nitrogens with one attached hydrogen (secondary N) is 1. The van der Waals surface area contributed by atoms with Gasteiger partial charge < -0.3 is 9.72 Å². The fraction of sp³-hybridized carbons (Fsp3) is 0.0556. The first kappa shape index (κ1) is 15.4. The summed E-state index contributed by atoms with van der Waals surface area (Å²) in [6, 6.07) is 14.5. The minimum atomic E-state index is -0.362. The minimum absolute atomic E-state index is 0.0150. The quantitative estimate of drug-likeness (QED) is 0.801. The van der Waals surface area contributed by atoms with Crippen LogP contribution in [0.3, 0.4) is 0 Å². The van der Waals surface area contributed by atoms with Crippen molar-refractivity contribution in [2.75, 3.05) is 0 Å². The van der Waals surface area contributed by atoms with Crippen molar-refractivity contribution in [2.24, 2.45) is 0 Å². The van der Waals surface area contributed by atoms with E-state index in [4.69, 9.17) is 4.74 Å². The molecule has 0 bridgehead atoms. The Hall–Kier alpha value is -3.46. The molecule has 1 aromatic heterocycles. The van der Waals surface area contributed by atoms with Gasteiger partial charge in [-0.1, -0.05) is 18.2 Å². The lowest BCUT2D eigenvalue weighted by Gasteiger charge is -2.10. The van der Waals surface area contributed by atoms with Crippen LogP contribution >= 0.6 is 0 Å². The number of rotatable bonds is 4. The summed E-state index contributed by atoms with van der Waals surface area (Å²) in [5, 5.41) is 9.30. The summed E-state index contributed by atoms with van der Waals surface area (Å²) in [6.07, 6.45) is 1.39. The van der Waals surface area contributed by atoms with Crippen LogP contribution in [0, 0.1) is 17.1 Å². The van der Waals surface area contributed by atoms with Crippen molar-refractivity contribution in [3.63, 3.8) is 0 Å². The van der Waals surface area contributed by atoms with Crippen molar-refractivity contribution in [3.05, 3.63) is 82.0 Å². The van der Waals surface area contributed by atoms with Crippen molar-refractivity contribution in [1.29, 1.82) is 5.26 Å². The van der Waals surface area contributed by atoms with Crippen LogP contribution in [0.5, 0.6) is 5.75 Å². The molecule has 0 amide bonds. The first-order valence-electron chi connectivity index (χ1n) is 7.13. The molecule has 3 rings (SSSR count). The van der Waals surface area contributed by atoms with E-state index in [1.807, 2.05) is 6.07 Å². The van der Waals surface area contributed by atoms with Gasteiger partial charge in [-0.3, -0.25) is 4.79 Å². The molecule has 5 nitrogen and oxygen atoms in total. The van der Waals surface area contributed by atoms with E-state index < -0.39 is 0 Å². The zero-order chi connectivity index (χ0) is 16.9. The minimum Gasteiger partial charge on any atom is -0.487 e. The average Bonchev–Trinajstić information content (AvgIpc) is 2.61. The number of nitrogens with zero attached hydrogens (tertiary/aromatic N) is 2. The third-order valence-electron chi connectivity index (χ3n) is 3.39. The summed E-state index contributed by atoms with van der Waals surface area (Å²) in [6.45, 7) is 0.0150. The molecule has 0 saturated carbocycles. The highest BCUT2D eigenvalue weighted by molar-refractivity contribution is 5.61. The third-order valence-corrected chi connectivity index (χ3v) is 3.39. The van der Waals surface area contributed by atoms with Gasteiger partial charge in [0.25, 0.3) is 5.56 Å². The first-order valence-corrected chi connectivity index (χ1v) is 7.13. The van der Waals surface area contributed by atoms with Gasteiger partial charge in [0.2, 0.25) is 0 Å². The predicted octanol–water partition coefficient (Wildman–Crippen LogP) is 3.03. The number of hydrogen-bond donors (Lipinski definition) is 1. The highest BCUT2D eigenvalue weighted by atomic mass is 19.1. The highest BCUT2D eigenvalue weighted by Crippen LogP contribution is 2.25. The first-order chi connectivity index (χ1) is 11.7. The summed E-state index contributed by atoms with van der Waals surface area (Å²) in [5.41, 5.74) is 0.982. The maximum absolute atomic E-state index is 13.6. The molecule has 1 heterocycles.